The number of aryl methyl sites for hydroxylation is 2. The molecule has 1 aliphatic heterocycles. The summed E-state index contributed by atoms with van der Waals surface area (Å²) < 4.78 is 5.47. The molecular weight excluding hydrogens is 402 g/mol. The largest absolute Gasteiger partial charge is 0.496 e. The number of nitriles is 1. The Bertz CT molecular complexity index is 1300. The summed E-state index contributed by atoms with van der Waals surface area (Å²) in [6.45, 7) is 3.94. The number of hydrogen-bond acceptors (Lipinski definition) is 5. The van der Waals surface area contributed by atoms with Gasteiger partial charge in [0.25, 0.3) is 11.8 Å². The maximum atomic E-state index is 13.6. The van der Waals surface area contributed by atoms with E-state index in [-0.39, 0.29) is 11.3 Å². The Hall–Kier alpha value is -4.37. The van der Waals surface area contributed by atoms with Gasteiger partial charge in [-0.15, -0.1) is 0 Å². The Morgan fingerprint density at radius 3 is 2.31 bits per heavy atom. The number of rotatable bonds is 5. The van der Waals surface area contributed by atoms with Crippen molar-refractivity contribution in [2.75, 3.05) is 17.3 Å². The van der Waals surface area contributed by atoms with E-state index in [2.05, 4.69) is 5.32 Å². The molecule has 6 nitrogen and oxygen atoms in total. The van der Waals surface area contributed by atoms with E-state index in [0.717, 1.165) is 21.7 Å². The van der Waals surface area contributed by atoms with Gasteiger partial charge in [0.15, 0.2) is 0 Å². The second kappa shape index (κ2) is 8.40. The van der Waals surface area contributed by atoms with E-state index in [1.807, 2.05) is 38.1 Å². The van der Waals surface area contributed by atoms with Gasteiger partial charge in [-0.1, -0.05) is 35.9 Å². The molecule has 0 bridgehead atoms. The van der Waals surface area contributed by atoms with Crippen molar-refractivity contribution in [3.05, 3.63) is 94.7 Å². The molecule has 0 fully saturated rings. The second-order valence-electron chi connectivity index (χ2n) is 7.50. The number of amides is 2. The van der Waals surface area contributed by atoms with Crippen LogP contribution in [-0.2, 0) is 9.59 Å². The highest BCUT2D eigenvalue weighted by Gasteiger charge is 2.41. The van der Waals surface area contributed by atoms with Crippen molar-refractivity contribution in [3.8, 4) is 11.8 Å². The predicted octanol–water partition coefficient (Wildman–Crippen LogP) is 4.58. The molecule has 0 radical (unpaired) electrons. The smallest absolute Gasteiger partial charge is 0.282 e. The SMILES string of the molecule is COc1ccccc1C1=C(Nc2ccc(C)cc2C)C(=O)N(c2ccc(C#N)cc2)C1=O. The molecule has 3 aromatic rings. The molecule has 1 N–H and O–H groups in total. The van der Waals surface area contributed by atoms with Crippen LogP contribution in [0.15, 0.2) is 72.4 Å². The average Bonchev–Trinajstić information content (AvgIpc) is 3.04. The average molecular weight is 423 g/mol. The molecule has 0 saturated carbocycles. The third-order valence-electron chi connectivity index (χ3n) is 5.36. The standard InChI is InChI=1S/C26H21N3O3/c1-16-8-13-21(17(2)14-16)28-24-23(20-6-4-5-7-22(20)32-3)25(30)29(26(24)31)19-11-9-18(15-27)10-12-19/h4-14,28H,1-3H3. The van der Waals surface area contributed by atoms with Gasteiger partial charge in [-0.2, -0.15) is 5.26 Å². The van der Waals surface area contributed by atoms with Crippen molar-refractivity contribution >= 4 is 28.8 Å². The molecule has 1 aliphatic rings. The monoisotopic (exact) mass is 423 g/mol. The lowest BCUT2D eigenvalue weighted by atomic mass is 10.0. The number of imide groups is 1. The van der Waals surface area contributed by atoms with Gasteiger partial charge < -0.3 is 10.1 Å². The van der Waals surface area contributed by atoms with E-state index < -0.39 is 11.8 Å². The van der Waals surface area contributed by atoms with Gasteiger partial charge in [-0.05, 0) is 55.8 Å². The molecule has 2 amide bonds. The molecule has 32 heavy (non-hydrogen) atoms. The number of benzene rings is 3. The zero-order valence-electron chi connectivity index (χ0n) is 18.0. The molecule has 0 atom stereocenters. The first kappa shape index (κ1) is 20.9. The molecule has 1 heterocycles. The molecule has 3 aromatic carbocycles. The van der Waals surface area contributed by atoms with E-state index >= 15 is 0 Å². The highest BCUT2D eigenvalue weighted by molar-refractivity contribution is 6.46. The molecule has 0 aromatic heterocycles. The highest BCUT2D eigenvalue weighted by atomic mass is 16.5. The number of carbonyl (C=O) groups is 2. The molecule has 4 rings (SSSR count). The van der Waals surface area contributed by atoms with Crippen LogP contribution in [0.2, 0.25) is 0 Å². The topological polar surface area (TPSA) is 82.4 Å². The van der Waals surface area contributed by atoms with Crippen molar-refractivity contribution in [2.24, 2.45) is 0 Å². The van der Waals surface area contributed by atoms with Gasteiger partial charge in [0.05, 0.1) is 30.0 Å². The fourth-order valence-electron chi connectivity index (χ4n) is 3.75. The summed E-state index contributed by atoms with van der Waals surface area (Å²) in [4.78, 5) is 28.2. The number of nitrogens with zero attached hydrogens (tertiary/aromatic N) is 2. The van der Waals surface area contributed by atoms with E-state index in [9.17, 15) is 9.59 Å². The van der Waals surface area contributed by atoms with E-state index in [4.69, 9.17) is 10.00 Å². The number of carbonyl (C=O) groups excluding carboxylic acids is 2. The van der Waals surface area contributed by atoms with Crippen molar-refractivity contribution < 1.29 is 14.3 Å². The number of hydrogen-bond donors (Lipinski definition) is 1. The van der Waals surface area contributed by atoms with Crippen LogP contribution in [0.25, 0.3) is 5.57 Å². The summed E-state index contributed by atoms with van der Waals surface area (Å²) in [7, 11) is 1.52. The first-order valence-corrected chi connectivity index (χ1v) is 10.1. The Morgan fingerprint density at radius 1 is 0.938 bits per heavy atom. The Morgan fingerprint density at radius 2 is 1.66 bits per heavy atom. The number of para-hydroxylation sites is 1. The van der Waals surface area contributed by atoms with Gasteiger partial charge in [0.2, 0.25) is 0 Å². The fourth-order valence-corrected chi connectivity index (χ4v) is 3.75. The zero-order chi connectivity index (χ0) is 22.8. The first-order valence-electron chi connectivity index (χ1n) is 10.1. The lowest BCUT2D eigenvalue weighted by molar-refractivity contribution is -0.120. The van der Waals surface area contributed by atoms with Crippen LogP contribution in [-0.4, -0.2) is 18.9 Å². The number of anilines is 2. The van der Waals surface area contributed by atoms with Crippen LogP contribution in [0.3, 0.4) is 0 Å². The van der Waals surface area contributed by atoms with Crippen LogP contribution in [0, 0.1) is 25.2 Å². The van der Waals surface area contributed by atoms with Gasteiger partial charge in [0, 0.05) is 11.3 Å². The van der Waals surface area contributed by atoms with E-state index in [1.165, 1.54) is 7.11 Å². The first-order chi connectivity index (χ1) is 15.4. The summed E-state index contributed by atoms with van der Waals surface area (Å²) in [6.07, 6.45) is 0. The highest BCUT2D eigenvalue weighted by Crippen LogP contribution is 2.37. The minimum atomic E-state index is -0.472. The number of nitrogens with one attached hydrogen (secondary N) is 1. The maximum Gasteiger partial charge on any atom is 0.282 e. The molecule has 0 unspecified atom stereocenters. The van der Waals surface area contributed by atoms with Crippen LogP contribution in [0.4, 0.5) is 11.4 Å². The van der Waals surface area contributed by atoms with Gasteiger partial charge in [-0.25, -0.2) is 4.90 Å². The Labute approximate surface area is 186 Å². The fraction of sp³-hybridized carbons (Fsp3) is 0.115. The lowest BCUT2D eigenvalue weighted by Gasteiger charge is -2.16. The second-order valence-corrected chi connectivity index (χ2v) is 7.50. The van der Waals surface area contributed by atoms with Crippen LogP contribution >= 0.6 is 0 Å². The predicted molar refractivity (Wildman–Crippen MR) is 123 cm³/mol. The molecule has 158 valence electrons. The molecule has 0 spiro atoms. The molecule has 0 saturated heterocycles. The summed E-state index contributed by atoms with van der Waals surface area (Å²) >= 11 is 0. The third-order valence-corrected chi connectivity index (χ3v) is 5.36. The van der Waals surface area contributed by atoms with Gasteiger partial charge >= 0.3 is 0 Å². The summed E-state index contributed by atoms with van der Waals surface area (Å²) in [6, 6.07) is 21.3. The third kappa shape index (κ3) is 3.61. The molecule has 0 aliphatic carbocycles. The summed E-state index contributed by atoms with van der Waals surface area (Å²) in [5.41, 5.74) is 4.56. The van der Waals surface area contributed by atoms with Crippen molar-refractivity contribution in [1.29, 1.82) is 5.26 Å². The number of methoxy groups -OCH3 is 1. The minimum absolute atomic E-state index is 0.177. The maximum absolute atomic E-state index is 13.6. The lowest BCUT2D eigenvalue weighted by Crippen LogP contribution is -2.32. The van der Waals surface area contributed by atoms with E-state index in [1.54, 1.807) is 48.5 Å². The Balaban J connectivity index is 1.86. The van der Waals surface area contributed by atoms with Crippen molar-refractivity contribution in [3.63, 3.8) is 0 Å². The zero-order valence-corrected chi connectivity index (χ0v) is 18.0. The molecular formula is C26H21N3O3. The van der Waals surface area contributed by atoms with Gasteiger partial charge in [0.1, 0.15) is 11.4 Å². The Kier molecular flexibility index (Phi) is 5.48. The van der Waals surface area contributed by atoms with Crippen molar-refractivity contribution in [1.82, 2.24) is 0 Å². The van der Waals surface area contributed by atoms with Gasteiger partial charge in [-0.3, -0.25) is 9.59 Å². The quantitative estimate of drug-likeness (QED) is 0.608. The summed E-state index contributed by atoms with van der Waals surface area (Å²) in [5, 5.41) is 12.3. The van der Waals surface area contributed by atoms with Crippen LogP contribution in [0.1, 0.15) is 22.3 Å². The van der Waals surface area contributed by atoms with Crippen LogP contribution in [0.5, 0.6) is 5.75 Å². The summed E-state index contributed by atoms with van der Waals surface area (Å²) in [5.74, 6) is -0.442. The van der Waals surface area contributed by atoms with Crippen molar-refractivity contribution in [2.45, 2.75) is 13.8 Å². The minimum Gasteiger partial charge on any atom is -0.496 e. The molecule has 6 heteroatoms. The number of ether oxygens (including phenoxy) is 1. The van der Waals surface area contributed by atoms with E-state index in [0.29, 0.717) is 22.6 Å². The van der Waals surface area contributed by atoms with Crippen LogP contribution < -0.4 is 15.0 Å². The normalized spacial score (nSPS) is 13.4.